The molecule has 4 rings (SSSR count). The third-order valence-electron chi connectivity index (χ3n) is 6.62. The largest absolute Gasteiger partial charge is 0.490 e. The Hall–Kier alpha value is -2.75. The number of halogens is 3. The van der Waals surface area contributed by atoms with Gasteiger partial charge in [-0.3, -0.25) is 9.78 Å². The number of benzene rings is 2. The van der Waals surface area contributed by atoms with E-state index in [4.69, 9.17) is 4.74 Å². The molecule has 0 atom stereocenters. The highest BCUT2D eigenvalue weighted by Crippen LogP contribution is 2.40. The minimum absolute atomic E-state index is 0.131. The maximum Gasteiger partial charge on any atom is 0.307 e. The average molecular weight is 606 g/mol. The number of aromatic nitrogens is 1. The summed E-state index contributed by atoms with van der Waals surface area (Å²) >= 11 is 2.49. The van der Waals surface area contributed by atoms with Crippen LogP contribution < -0.4 is 9.64 Å². The van der Waals surface area contributed by atoms with E-state index in [2.05, 4.69) is 39.4 Å². The number of hydrogen-bond acceptors (Lipinski definition) is 4. The summed E-state index contributed by atoms with van der Waals surface area (Å²) in [7, 11) is 0. The first-order chi connectivity index (χ1) is 17.1. The van der Waals surface area contributed by atoms with Crippen LogP contribution in [0.3, 0.4) is 0 Å². The first-order valence-electron chi connectivity index (χ1n) is 11.9. The molecule has 8 heteroatoms. The number of aliphatic carboxylic acids is 1. The number of carboxylic acid groups (broad SMARTS) is 1. The maximum atomic E-state index is 15.1. The predicted octanol–water partition coefficient (Wildman–Crippen LogP) is 6.38. The molecule has 190 valence electrons. The molecule has 0 radical (unpaired) electrons. The van der Waals surface area contributed by atoms with Crippen molar-refractivity contribution >= 4 is 34.2 Å². The average Bonchev–Trinajstić information content (AvgIpc) is 2.82. The third-order valence-corrected chi connectivity index (χ3v) is 7.70. The number of alkyl halides is 1. The number of piperidine rings is 1. The molecule has 36 heavy (non-hydrogen) atoms. The Morgan fingerprint density at radius 2 is 1.86 bits per heavy atom. The van der Waals surface area contributed by atoms with Crippen molar-refractivity contribution in [1.29, 1.82) is 0 Å². The van der Waals surface area contributed by atoms with Gasteiger partial charge in [-0.1, -0.05) is 47.7 Å². The lowest BCUT2D eigenvalue weighted by Crippen LogP contribution is -2.40. The van der Waals surface area contributed by atoms with Crippen molar-refractivity contribution in [2.45, 2.75) is 43.0 Å². The van der Waals surface area contributed by atoms with Gasteiger partial charge in [-0.05, 0) is 55.2 Å². The molecule has 1 saturated heterocycles. The summed E-state index contributed by atoms with van der Waals surface area (Å²) in [6.07, 6.45) is 4.02. The first kappa shape index (κ1) is 26.3. The van der Waals surface area contributed by atoms with Crippen LogP contribution in [0.2, 0.25) is 0 Å². The number of aryl methyl sites for hydroxylation is 1. The van der Waals surface area contributed by atoms with Crippen molar-refractivity contribution in [3.05, 3.63) is 77.1 Å². The molecular weight excluding hydrogens is 577 g/mol. The minimum Gasteiger partial charge on any atom is -0.490 e. The van der Waals surface area contributed by atoms with Crippen LogP contribution in [0.25, 0.3) is 11.1 Å². The molecule has 0 aliphatic carbocycles. The molecule has 2 aromatic carbocycles. The number of nitrogens with zero attached hydrogens (tertiary/aromatic N) is 2. The Morgan fingerprint density at radius 3 is 2.50 bits per heavy atom. The molecule has 0 bridgehead atoms. The lowest BCUT2D eigenvalue weighted by molar-refractivity contribution is -0.136. The normalized spacial score (nSPS) is 15.1. The van der Waals surface area contributed by atoms with Gasteiger partial charge in [0.1, 0.15) is 5.82 Å². The first-order valence-corrected chi connectivity index (χ1v) is 13.0. The van der Waals surface area contributed by atoms with Crippen molar-refractivity contribution in [1.82, 2.24) is 4.98 Å². The highest BCUT2D eigenvalue weighted by molar-refractivity contribution is 14.1. The summed E-state index contributed by atoms with van der Waals surface area (Å²) < 4.78 is 34.0. The minimum atomic E-state index is -0.926. The number of pyridine rings is 1. The molecule has 1 aromatic heterocycles. The van der Waals surface area contributed by atoms with Crippen molar-refractivity contribution in [2.75, 3.05) is 24.6 Å². The molecule has 1 aliphatic rings. The fourth-order valence-corrected chi connectivity index (χ4v) is 4.96. The number of hydrogen-bond donors (Lipinski definition) is 1. The number of carboxylic acids is 1. The van der Waals surface area contributed by atoms with Gasteiger partial charge in [-0.15, -0.1) is 0 Å². The van der Waals surface area contributed by atoms with Gasteiger partial charge in [0.15, 0.2) is 11.6 Å². The van der Waals surface area contributed by atoms with Crippen LogP contribution in [0.1, 0.15) is 36.6 Å². The predicted molar refractivity (Wildman–Crippen MR) is 145 cm³/mol. The van der Waals surface area contributed by atoms with E-state index in [1.54, 1.807) is 30.5 Å². The molecule has 0 spiro atoms. The van der Waals surface area contributed by atoms with Crippen LogP contribution in [-0.2, 0) is 17.6 Å². The molecule has 0 saturated carbocycles. The zero-order valence-electron chi connectivity index (χ0n) is 20.4. The standard InChI is InChI=1S/C28H29F2IN2O3/c1-18-22(16-26(34)35)27(33-12-10-28(2,31)11-13-33)23(17-32-18)20-5-8-25(24(30)15-20)36-14-9-19-3-6-21(29)7-4-19/h3-8,15,17H,9-14,16H2,1-2H3,(H,34,35). The van der Waals surface area contributed by atoms with E-state index in [1.807, 2.05) is 6.92 Å². The second-order valence-corrected chi connectivity index (χ2v) is 12.0. The summed E-state index contributed by atoms with van der Waals surface area (Å²) in [5.41, 5.74) is 4.39. The van der Waals surface area contributed by atoms with Crippen LogP contribution in [0.5, 0.6) is 5.75 Å². The van der Waals surface area contributed by atoms with Gasteiger partial charge in [0.25, 0.3) is 0 Å². The van der Waals surface area contributed by atoms with E-state index in [-0.39, 0.29) is 28.0 Å². The van der Waals surface area contributed by atoms with Crippen molar-refractivity contribution < 1.29 is 23.4 Å². The second kappa shape index (κ2) is 11.1. The summed E-state index contributed by atoms with van der Waals surface area (Å²) in [6.45, 7) is 5.87. The van der Waals surface area contributed by atoms with Gasteiger partial charge >= 0.3 is 5.97 Å². The third kappa shape index (κ3) is 6.32. The summed E-state index contributed by atoms with van der Waals surface area (Å²) in [4.78, 5) is 18.4. The van der Waals surface area contributed by atoms with E-state index in [9.17, 15) is 14.3 Å². The van der Waals surface area contributed by atoms with Crippen LogP contribution in [-0.4, -0.2) is 39.2 Å². The summed E-state index contributed by atoms with van der Waals surface area (Å²) in [6, 6.07) is 10.9. The molecule has 1 aliphatic heterocycles. The summed E-state index contributed by atoms with van der Waals surface area (Å²) in [5, 5.41) is 9.57. The number of rotatable bonds is 8. The molecule has 0 unspecified atom stereocenters. The van der Waals surface area contributed by atoms with Gasteiger partial charge < -0.3 is 14.7 Å². The fourth-order valence-electron chi connectivity index (χ4n) is 4.48. The van der Waals surface area contributed by atoms with Gasteiger partial charge in [0.2, 0.25) is 0 Å². The topological polar surface area (TPSA) is 62.7 Å². The van der Waals surface area contributed by atoms with E-state index < -0.39 is 11.8 Å². The Labute approximate surface area is 223 Å². The van der Waals surface area contributed by atoms with Gasteiger partial charge in [-0.2, -0.15) is 0 Å². The van der Waals surface area contributed by atoms with E-state index in [0.29, 0.717) is 28.8 Å². The molecule has 1 fully saturated rings. The molecule has 0 amide bonds. The van der Waals surface area contributed by atoms with Gasteiger partial charge in [0.05, 0.1) is 18.7 Å². The number of carbonyl (C=O) groups is 1. The zero-order chi connectivity index (χ0) is 25.9. The maximum absolute atomic E-state index is 15.1. The van der Waals surface area contributed by atoms with Crippen molar-refractivity contribution in [3.63, 3.8) is 0 Å². The zero-order valence-corrected chi connectivity index (χ0v) is 22.5. The van der Waals surface area contributed by atoms with Crippen molar-refractivity contribution in [2.24, 2.45) is 0 Å². The molecular formula is C28H29F2IN2O3. The lowest BCUT2D eigenvalue weighted by atomic mass is 9.94. The summed E-state index contributed by atoms with van der Waals surface area (Å²) in [5.74, 6) is -1.60. The molecule has 3 aromatic rings. The molecule has 1 N–H and O–H groups in total. The molecule has 5 nitrogen and oxygen atoms in total. The second-order valence-electron chi connectivity index (χ2n) is 9.43. The molecule has 2 heterocycles. The van der Waals surface area contributed by atoms with E-state index in [1.165, 1.54) is 18.2 Å². The van der Waals surface area contributed by atoms with Crippen molar-refractivity contribution in [3.8, 4) is 16.9 Å². The Balaban J connectivity index is 1.61. The smallest absolute Gasteiger partial charge is 0.307 e. The number of ether oxygens (including phenoxy) is 1. The Bertz CT molecular complexity index is 1240. The van der Waals surface area contributed by atoms with Crippen LogP contribution in [0.4, 0.5) is 14.5 Å². The monoisotopic (exact) mass is 606 g/mol. The Kier molecular flexibility index (Phi) is 8.12. The quantitative estimate of drug-likeness (QED) is 0.238. The van der Waals surface area contributed by atoms with E-state index >= 15 is 4.39 Å². The number of anilines is 1. The van der Waals surface area contributed by atoms with Gasteiger partial charge in [0, 0.05) is 45.9 Å². The SMILES string of the molecule is Cc1ncc(-c2ccc(OCCc3ccc(F)cc3)c(F)c2)c(N2CCC(C)(I)CC2)c1CC(=O)O. The fraction of sp³-hybridized carbons (Fsp3) is 0.357. The highest BCUT2D eigenvalue weighted by Gasteiger charge is 2.30. The van der Waals surface area contributed by atoms with E-state index in [0.717, 1.165) is 37.2 Å². The lowest BCUT2D eigenvalue weighted by Gasteiger charge is -2.39. The van der Waals surface area contributed by atoms with Gasteiger partial charge in [-0.25, -0.2) is 8.78 Å². The highest BCUT2D eigenvalue weighted by atomic mass is 127. The van der Waals surface area contributed by atoms with Crippen LogP contribution in [0.15, 0.2) is 48.7 Å². The van der Waals surface area contributed by atoms with Crippen LogP contribution >= 0.6 is 22.6 Å². The van der Waals surface area contributed by atoms with Crippen LogP contribution in [0, 0.1) is 18.6 Å². The Morgan fingerprint density at radius 1 is 1.17 bits per heavy atom.